The van der Waals surface area contributed by atoms with Gasteiger partial charge < -0.3 is 10.0 Å². The number of carbonyl (C=O) groups is 2. The van der Waals surface area contributed by atoms with E-state index in [-0.39, 0.29) is 12.5 Å². The molecule has 2 heterocycles. The molecule has 3 aromatic rings. The largest absolute Gasteiger partial charge is 0.481 e. The SMILES string of the molecule is Cc1cc(CN2CCN(C(=O)n3ccc(CC(=O)O)n3)CC2)ccc1-c1ccccc1. The molecule has 0 radical (unpaired) electrons. The fraction of sp³-hybridized carbons (Fsp3) is 0.292. The van der Waals surface area contributed by atoms with Gasteiger partial charge in [0.2, 0.25) is 0 Å². The van der Waals surface area contributed by atoms with Crippen LogP contribution in [0, 0.1) is 6.92 Å². The molecule has 0 saturated carbocycles. The van der Waals surface area contributed by atoms with Crippen LogP contribution in [-0.4, -0.2) is 62.9 Å². The van der Waals surface area contributed by atoms with Crippen molar-refractivity contribution in [3.05, 3.63) is 77.6 Å². The van der Waals surface area contributed by atoms with Crippen molar-refractivity contribution in [3.8, 4) is 11.1 Å². The summed E-state index contributed by atoms with van der Waals surface area (Å²) < 4.78 is 1.24. The smallest absolute Gasteiger partial charge is 0.344 e. The number of aliphatic carboxylic acids is 1. The first-order valence-corrected chi connectivity index (χ1v) is 10.4. The van der Waals surface area contributed by atoms with Crippen LogP contribution in [0.3, 0.4) is 0 Å². The molecule has 160 valence electrons. The van der Waals surface area contributed by atoms with Crippen LogP contribution in [-0.2, 0) is 17.8 Å². The van der Waals surface area contributed by atoms with Crippen LogP contribution in [0.2, 0.25) is 0 Å². The van der Waals surface area contributed by atoms with Crippen molar-refractivity contribution in [2.45, 2.75) is 19.9 Å². The third kappa shape index (κ3) is 5.00. The molecule has 31 heavy (non-hydrogen) atoms. The molecular weight excluding hydrogens is 392 g/mol. The lowest BCUT2D eigenvalue weighted by molar-refractivity contribution is -0.136. The van der Waals surface area contributed by atoms with Gasteiger partial charge in [-0.1, -0.05) is 48.5 Å². The molecule has 7 nitrogen and oxygen atoms in total. The number of amides is 1. The van der Waals surface area contributed by atoms with E-state index in [0.717, 1.165) is 19.6 Å². The second-order valence-electron chi connectivity index (χ2n) is 7.88. The Bertz CT molecular complexity index is 1070. The molecule has 1 saturated heterocycles. The highest BCUT2D eigenvalue weighted by molar-refractivity contribution is 5.76. The van der Waals surface area contributed by atoms with Gasteiger partial charge in [0.1, 0.15) is 0 Å². The Morgan fingerprint density at radius 2 is 1.74 bits per heavy atom. The van der Waals surface area contributed by atoms with Crippen molar-refractivity contribution in [1.82, 2.24) is 19.6 Å². The Morgan fingerprint density at radius 3 is 2.42 bits per heavy atom. The van der Waals surface area contributed by atoms with Gasteiger partial charge in [-0.25, -0.2) is 4.79 Å². The highest BCUT2D eigenvalue weighted by Crippen LogP contribution is 2.24. The number of hydrogen-bond donors (Lipinski definition) is 1. The van der Waals surface area contributed by atoms with Gasteiger partial charge in [-0.05, 0) is 35.2 Å². The van der Waals surface area contributed by atoms with Crippen molar-refractivity contribution in [1.29, 1.82) is 0 Å². The van der Waals surface area contributed by atoms with E-state index in [9.17, 15) is 9.59 Å². The number of carbonyl (C=O) groups excluding carboxylic acids is 1. The number of rotatable bonds is 5. The monoisotopic (exact) mass is 418 g/mol. The molecule has 0 unspecified atom stereocenters. The predicted molar refractivity (Wildman–Crippen MR) is 118 cm³/mol. The fourth-order valence-electron chi connectivity index (χ4n) is 3.98. The second kappa shape index (κ2) is 9.14. The Labute approximate surface area is 181 Å². The van der Waals surface area contributed by atoms with Crippen LogP contribution in [0.15, 0.2) is 60.8 Å². The Hall–Kier alpha value is -3.45. The number of carboxylic acids is 1. The lowest BCUT2D eigenvalue weighted by Gasteiger charge is -2.34. The Morgan fingerprint density at radius 1 is 1.00 bits per heavy atom. The second-order valence-corrected chi connectivity index (χ2v) is 7.88. The lowest BCUT2D eigenvalue weighted by atomic mass is 9.98. The minimum Gasteiger partial charge on any atom is -0.481 e. The van der Waals surface area contributed by atoms with Crippen LogP contribution < -0.4 is 0 Å². The summed E-state index contributed by atoms with van der Waals surface area (Å²) in [6.45, 7) is 5.80. The van der Waals surface area contributed by atoms with Crippen LogP contribution in [0.4, 0.5) is 4.79 Å². The first-order chi connectivity index (χ1) is 15.0. The van der Waals surface area contributed by atoms with Crippen molar-refractivity contribution in [2.75, 3.05) is 26.2 Å². The maximum Gasteiger partial charge on any atom is 0.344 e. The molecule has 1 fully saturated rings. The molecule has 1 aliphatic rings. The van der Waals surface area contributed by atoms with Gasteiger partial charge in [0.05, 0.1) is 12.1 Å². The van der Waals surface area contributed by atoms with Gasteiger partial charge in [-0.2, -0.15) is 9.78 Å². The van der Waals surface area contributed by atoms with E-state index in [1.807, 2.05) is 6.07 Å². The summed E-state index contributed by atoms with van der Waals surface area (Å²) in [5.41, 5.74) is 5.38. The number of piperazine rings is 1. The van der Waals surface area contributed by atoms with Crippen LogP contribution in [0.1, 0.15) is 16.8 Å². The fourth-order valence-corrected chi connectivity index (χ4v) is 3.98. The van der Waals surface area contributed by atoms with Crippen LogP contribution >= 0.6 is 0 Å². The third-order valence-corrected chi connectivity index (χ3v) is 5.60. The third-order valence-electron chi connectivity index (χ3n) is 5.60. The van der Waals surface area contributed by atoms with Gasteiger partial charge in [0.25, 0.3) is 0 Å². The topological polar surface area (TPSA) is 78.7 Å². The molecule has 1 amide bonds. The van der Waals surface area contributed by atoms with E-state index in [0.29, 0.717) is 18.8 Å². The first kappa shape index (κ1) is 20.8. The average Bonchev–Trinajstić information content (AvgIpc) is 3.22. The Kier molecular flexibility index (Phi) is 6.13. The molecule has 4 rings (SSSR count). The zero-order chi connectivity index (χ0) is 21.8. The molecule has 1 N–H and O–H groups in total. The molecule has 0 atom stereocenters. The van der Waals surface area contributed by atoms with Crippen LogP contribution in [0.25, 0.3) is 11.1 Å². The molecule has 0 aliphatic carbocycles. The summed E-state index contributed by atoms with van der Waals surface area (Å²) in [5, 5.41) is 12.9. The number of aryl methyl sites for hydroxylation is 1. The van der Waals surface area contributed by atoms with Crippen molar-refractivity contribution in [3.63, 3.8) is 0 Å². The van der Waals surface area contributed by atoms with Gasteiger partial charge in [-0.15, -0.1) is 0 Å². The predicted octanol–water partition coefficient (Wildman–Crippen LogP) is 3.27. The van der Waals surface area contributed by atoms with Gasteiger partial charge in [0, 0.05) is 38.9 Å². The molecule has 0 spiro atoms. The number of aromatic nitrogens is 2. The number of hydrogen-bond acceptors (Lipinski definition) is 4. The highest BCUT2D eigenvalue weighted by atomic mass is 16.4. The lowest BCUT2D eigenvalue weighted by Crippen LogP contribution is -2.49. The molecule has 1 aromatic heterocycles. The number of nitrogens with zero attached hydrogens (tertiary/aromatic N) is 4. The Balaban J connectivity index is 1.33. The summed E-state index contributed by atoms with van der Waals surface area (Å²) in [4.78, 5) is 27.5. The van der Waals surface area contributed by atoms with E-state index >= 15 is 0 Å². The maximum atomic E-state index is 12.6. The summed E-state index contributed by atoms with van der Waals surface area (Å²) in [7, 11) is 0. The summed E-state index contributed by atoms with van der Waals surface area (Å²) in [5.74, 6) is -0.960. The summed E-state index contributed by atoms with van der Waals surface area (Å²) >= 11 is 0. The van der Waals surface area contributed by atoms with Crippen LogP contribution in [0.5, 0.6) is 0 Å². The standard InChI is InChI=1S/C24H26N4O3/c1-18-15-19(7-8-22(18)20-5-3-2-4-6-20)17-26-11-13-27(14-12-26)24(31)28-10-9-21(25-28)16-23(29)30/h2-10,15H,11-14,16-17H2,1H3,(H,29,30). The van der Waals surface area contributed by atoms with Gasteiger partial charge in [0.15, 0.2) is 0 Å². The molecule has 7 heteroatoms. The van der Waals surface area contributed by atoms with E-state index in [1.54, 1.807) is 11.0 Å². The van der Waals surface area contributed by atoms with E-state index in [1.165, 1.54) is 33.1 Å². The number of benzene rings is 2. The zero-order valence-electron chi connectivity index (χ0n) is 17.6. The van der Waals surface area contributed by atoms with Crippen molar-refractivity contribution >= 4 is 12.0 Å². The number of carboxylic acid groups (broad SMARTS) is 1. The quantitative estimate of drug-likeness (QED) is 0.688. The van der Waals surface area contributed by atoms with Crippen molar-refractivity contribution in [2.24, 2.45) is 0 Å². The van der Waals surface area contributed by atoms with E-state index in [4.69, 9.17) is 5.11 Å². The average molecular weight is 418 g/mol. The molecular formula is C24H26N4O3. The molecule has 0 bridgehead atoms. The van der Waals surface area contributed by atoms with Gasteiger partial charge in [-0.3, -0.25) is 9.69 Å². The first-order valence-electron chi connectivity index (χ1n) is 10.4. The summed E-state index contributed by atoms with van der Waals surface area (Å²) in [6.07, 6.45) is 1.35. The molecule has 1 aliphatic heterocycles. The van der Waals surface area contributed by atoms with Gasteiger partial charge >= 0.3 is 12.0 Å². The van der Waals surface area contributed by atoms with Crippen molar-refractivity contribution < 1.29 is 14.7 Å². The highest BCUT2D eigenvalue weighted by Gasteiger charge is 2.23. The molecule has 2 aromatic carbocycles. The zero-order valence-corrected chi connectivity index (χ0v) is 17.6. The minimum absolute atomic E-state index is 0.184. The minimum atomic E-state index is -0.960. The van der Waals surface area contributed by atoms with E-state index in [2.05, 4.69) is 59.4 Å². The summed E-state index contributed by atoms with van der Waals surface area (Å²) in [6, 6.07) is 18.4. The van der Waals surface area contributed by atoms with E-state index < -0.39 is 5.97 Å². The normalized spacial score (nSPS) is 14.5. The maximum absolute atomic E-state index is 12.6.